The predicted molar refractivity (Wildman–Crippen MR) is 139 cm³/mol. The van der Waals surface area contributed by atoms with Gasteiger partial charge in [0.1, 0.15) is 17.8 Å². The van der Waals surface area contributed by atoms with Crippen LogP contribution >= 0.6 is 16.1 Å². The fraction of sp³-hybridized carbons (Fsp3) is 0.696. The zero-order valence-corrected chi connectivity index (χ0v) is 24.2. The summed E-state index contributed by atoms with van der Waals surface area (Å²) in [6.07, 6.45) is 0.828. The first-order valence-corrected chi connectivity index (χ1v) is 15.0. The summed E-state index contributed by atoms with van der Waals surface area (Å²) in [5.74, 6) is 1.31. The highest BCUT2D eigenvalue weighted by atomic mass is 31.2. The molecule has 0 aromatic carbocycles. The van der Waals surface area contributed by atoms with Crippen LogP contribution in [-0.2, 0) is 32.1 Å². The SMILES string of the molecule is COP(=O)(/C=C/[C@@]12CCO[C@@H]([C@H](n3ccc(=O)[nH]c3=O)O1)[C@@H]2OP(OCCC#N)N(C(C)C)C(C)C)OC. The highest BCUT2D eigenvalue weighted by molar-refractivity contribution is 7.57. The van der Waals surface area contributed by atoms with Crippen molar-refractivity contribution >= 4 is 16.1 Å². The lowest BCUT2D eigenvalue weighted by atomic mass is 9.90. The van der Waals surface area contributed by atoms with E-state index in [1.165, 1.54) is 36.9 Å². The van der Waals surface area contributed by atoms with Gasteiger partial charge in [-0.05, 0) is 33.8 Å². The van der Waals surface area contributed by atoms with E-state index < -0.39 is 51.4 Å². The Labute approximate surface area is 223 Å². The second-order valence-electron chi connectivity index (χ2n) is 9.36. The molecular formula is C23H36N4O9P2. The van der Waals surface area contributed by atoms with Crippen LogP contribution in [0.5, 0.6) is 0 Å². The lowest BCUT2D eigenvalue weighted by Gasteiger charge is -2.42. The Hall–Kier alpha value is -1.71. The molecule has 212 valence electrons. The summed E-state index contributed by atoms with van der Waals surface area (Å²) in [5.41, 5.74) is -2.42. The number of fused-ring (bicyclic) bond motifs is 2. The van der Waals surface area contributed by atoms with Crippen LogP contribution in [0.4, 0.5) is 0 Å². The number of aromatic nitrogens is 2. The third-order valence-electron chi connectivity index (χ3n) is 6.24. The Morgan fingerprint density at radius 2 is 2.00 bits per heavy atom. The quantitative estimate of drug-likeness (QED) is 0.273. The first-order valence-electron chi connectivity index (χ1n) is 12.3. The topological polar surface area (TPSA) is 154 Å². The predicted octanol–water partition coefficient (Wildman–Crippen LogP) is 3.25. The summed E-state index contributed by atoms with van der Waals surface area (Å²) in [6.45, 7) is 8.48. The molecule has 3 rings (SSSR count). The first-order chi connectivity index (χ1) is 18.0. The molecule has 2 saturated heterocycles. The smallest absolute Gasteiger partial charge is 0.353 e. The van der Waals surface area contributed by atoms with E-state index in [4.69, 9.17) is 32.8 Å². The van der Waals surface area contributed by atoms with E-state index in [1.54, 1.807) is 6.08 Å². The molecule has 5 atom stereocenters. The number of hydrogen-bond acceptors (Lipinski definition) is 11. The number of H-pyrrole nitrogens is 1. The number of hydrogen-bond donors (Lipinski definition) is 1. The maximum Gasteiger partial charge on any atom is 0.353 e. The summed E-state index contributed by atoms with van der Waals surface area (Å²) in [6, 6.07) is 3.37. The molecule has 2 fully saturated rings. The molecule has 3 heterocycles. The van der Waals surface area contributed by atoms with Crippen molar-refractivity contribution in [1.29, 1.82) is 5.26 Å². The first kappa shape index (κ1) is 30.8. The van der Waals surface area contributed by atoms with E-state index in [2.05, 4.69) is 15.7 Å². The van der Waals surface area contributed by atoms with Crippen LogP contribution in [0.25, 0.3) is 0 Å². The molecule has 15 heteroatoms. The van der Waals surface area contributed by atoms with Crippen molar-refractivity contribution in [3.8, 4) is 6.07 Å². The van der Waals surface area contributed by atoms with Gasteiger partial charge in [-0.25, -0.2) is 9.46 Å². The van der Waals surface area contributed by atoms with Crippen molar-refractivity contribution in [3.05, 3.63) is 45.0 Å². The van der Waals surface area contributed by atoms with E-state index in [0.29, 0.717) is 6.42 Å². The Balaban J connectivity index is 2.09. The Morgan fingerprint density at radius 3 is 2.58 bits per heavy atom. The molecule has 13 nitrogen and oxygen atoms in total. The molecule has 1 aromatic heterocycles. The number of nitrogens with one attached hydrogen (secondary N) is 1. The molecule has 0 aliphatic carbocycles. The molecule has 1 unspecified atom stereocenters. The van der Waals surface area contributed by atoms with E-state index in [0.717, 1.165) is 0 Å². The summed E-state index contributed by atoms with van der Waals surface area (Å²) in [7, 11) is -2.74. The number of nitriles is 1. The van der Waals surface area contributed by atoms with E-state index in [9.17, 15) is 14.2 Å². The summed E-state index contributed by atoms with van der Waals surface area (Å²) in [5, 5.41) is 9.06. The van der Waals surface area contributed by atoms with Gasteiger partial charge in [-0.2, -0.15) is 5.26 Å². The Morgan fingerprint density at radius 1 is 1.32 bits per heavy atom. The molecule has 1 N–H and O–H groups in total. The number of ether oxygens (including phenoxy) is 2. The van der Waals surface area contributed by atoms with Crippen molar-refractivity contribution < 1.29 is 32.1 Å². The molecular weight excluding hydrogens is 538 g/mol. The summed E-state index contributed by atoms with van der Waals surface area (Å²) in [4.78, 5) is 26.6. The summed E-state index contributed by atoms with van der Waals surface area (Å²) >= 11 is 0. The van der Waals surface area contributed by atoms with Gasteiger partial charge >= 0.3 is 13.3 Å². The largest absolute Gasteiger partial charge is 0.370 e. The third kappa shape index (κ3) is 6.70. The standard InChI is InChI=1S/C23H36N4O9P2/c1-16(2)27(17(3)4)37(34-13-7-11-24)36-20-19-21(26-12-8-18(28)25-22(26)29)35-23(20,9-14-33-19)10-15-38(30,31-5)32-6/h8,10,12,15-17,19-21H,7,9,13-14H2,1-6H3,(H,25,28,29)/b15-10+/t19-,20+,21-,23-,37?/m1/s1. The normalized spacial score (nSPS) is 26.5. The van der Waals surface area contributed by atoms with Gasteiger partial charge in [0.25, 0.3) is 14.1 Å². The highest BCUT2D eigenvalue weighted by Crippen LogP contribution is 2.56. The van der Waals surface area contributed by atoms with Crippen LogP contribution in [0.3, 0.4) is 0 Å². The molecule has 1 aromatic rings. The van der Waals surface area contributed by atoms with Gasteiger partial charge in [0, 0.05) is 50.8 Å². The van der Waals surface area contributed by atoms with Crippen LogP contribution < -0.4 is 11.2 Å². The van der Waals surface area contributed by atoms with Crippen LogP contribution in [0, 0.1) is 11.3 Å². The zero-order valence-electron chi connectivity index (χ0n) is 22.4. The van der Waals surface area contributed by atoms with Crippen LogP contribution in [0.2, 0.25) is 0 Å². The number of rotatable bonds is 13. The number of aromatic amines is 1. The average Bonchev–Trinajstić information content (AvgIpc) is 3.02. The minimum atomic E-state index is -3.57. The monoisotopic (exact) mass is 574 g/mol. The van der Waals surface area contributed by atoms with E-state index >= 15 is 0 Å². The second-order valence-corrected chi connectivity index (χ2v) is 12.9. The lowest BCUT2D eigenvalue weighted by Crippen LogP contribution is -2.50. The maximum atomic E-state index is 12.9. The van der Waals surface area contributed by atoms with E-state index in [1.807, 2.05) is 27.7 Å². The molecule has 2 bridgehead atoms. The fourth-order valence-electron chi connectivity index (χ4n) is 4.53. The molecule has 2 aliphatic heterocycles. The molecule has 0 saturated carbocycles. The Bertz CT molecular complexity index is 1160. The van der Waals surface area contributed by atoms with Gasteiger partial charge in [0.15, 0.2) is 6.23 Å². The van der Waals surface area contributed by atoms with Gasteiger partial charge in [-0.15, -0.1) is 0 Å². The van der Waals surface area contributed by atoms with Crippen molar-refractivity contribution in [3.63, 3.8) is 0 Å². The van der Waals surface area contributed by atoms with Crippen LogP contribution in [0.15, 0.2) is 33.7 Å². The summed E-state index contributed by atoms with van der Waals surface area (Å²) < 4.78 is 51.6. The van der Waals surface area contributed by atoms with Gasteiger partial charge in [-0.1, -0.05) is 0 Å². The molecule has 0 amide bonds. The molecule has 0 spiro atoms. The fourth-order valence-corrected chi connectivity index (χ4v) is 7.15. The van der Waals surface area contributed by atoms with Crippen molar-refractivity contribution in [2.24, 2.45) is 0 Å². The zero-order chi connectivity index (χ0) is 28.1. The minimum Gasteiger partial charge on any atom is -0.370 e. The van der Waals surface area contributed by atoms with Gasteiger partial charge < -0.3 is 27.6 Å². The van der Waals surface area contributed by atoms with Crippen molar-refractivity contribution in [2.45, 2.75) is 76.7 Å². The van der Waals surface area contributed by atoms with Gasteiger partial charge in [0.2, 0.25) is 0 Å². The van der Waals surface area contributed by atoms with Crippen LogP contribution in [-0.4, -0.2) is 71.5 Å². The van der Waals surface area contributed by atoms with Gasteiger partial charge in [0.05, 0.1) is 25.7 Å². The number of nitrogens with zero attached hydrogens (tertiary/aromatic N) is 3. The third-order valence-corrected chi connectivity index (χ3v) is 9.89. The van der Waals surface area contributed by atoms with Crippen LogP contribution in [0.1, 0.15) is 46.8 Å². The lowest BCUT2D eigenvalue weighted by molar-refractivity contribution is -0.0864. The molecule has 2 aliphatic rings. The van der Waals surface area contributed by atoms with Crippen molar-refractivity contribution in [2.75, 3.05) is 27.4 Å². The maximum absolute atomic E-state index is 12.9. The van der Waals surface area contributed by atoms with Gasteiger partial charge in [-0.3, -0.25) is 18.9 Å². The van der Waals surface area contributed by atoms with E-state index in [-0.39, 0.29) is 31.7 Å². The minimum absolute atomic E-state index is 0.0394. The molecule has 0 radical (unpaired) electrons. The Kier molecular flexibility index (Phi) is 10.6. The average molecular weight is 575 g/mol. The highest BCUT2D eigenvalue weighted by Gasteiger charge is 2.60. The molecule has 38 heavy (non-hydrogen) atoms. The second kappa shape index (κ2) is 13.1. The van der Waals surface area contributed by atoms with Crippen molar-refractivity contribution in [1.82, 2.24) is 14.2 Å².